The van der Waals surface area contributed by atoms with E-state index in [-0.39, 0.29) is 11.9 Å². The zero-order valence-electron chi connectivity index (χ0n) is 9.52. The number of amides is 1. The van der Waals surface area contributed by atoms with E-state index in [2.05, 4.69) is 4.98 Å². The summed E-state index contributed by atoms with van der Waals surface area (Å²) in [4.78, 5) is 18.0. The predicted octanol–water partition coefficient (Wildman–Crippen LogP) is 0.953. The van der Waals surface area contributed by atoms with Crippen molar-refractivity contribution in [2.24, 2.45) is 5.73 Å². The van der Waals surface area contributed by atoms with Crippen LogP contribution >= 0.6 is 0 Å². The second kappa shape index (κ2) is 4.61. The monoisotopic (exact) mass is 219 g/mol. The van der Waals surface area contributed by atoms with Gasteiger partial charge in [0.2, 0.25) is 0 Å². The molecule has 1 aliphatic rings. The van der Waals surface area contributed by atoms with E-state index in [1.54, 1.807) is 12.4 Å². The SMILES string of the molecule is Cc1cncc(C(=O)N2CCCC(N)C2)c1. The van der Waals surface area contributed by atoms with Crippen molar-refractivity contribution in [1.29, 1.82) is 0 Å². The van der Waals surface area contributed by atoms with Crippen molar-refractivity contribution < 1.29 is 4.79 Å². The normalized spacial score (nSPS) is 20.9. The quantitative estimate of drug-likeness (QED) is 0.765. The number of carbonyl (C=O) groups is 1. The van der Waals surface area contributed by atoms with Gasteiger partial charge in [0.25, 0.3) is 5.91 Å². The molecule has 1 amide bonds. The zero-order valence-corrected chi connectivity index (χ0v) is 9.52. The van der Waals surface area contributed by atoms with Gasteiger partial charge in [-0.3, -0.25) is 9.78 Å². The maximum Gasteiger partial charge on any atom is 0.255 e. The Morgan fingerprint density at radius 3 is 3.06 bits per heavy atom. The minimum absolute atomic E-state index is 0.0475. The van der Waals surface area contributed by atoms with Crippen LogP contribution in [-0.2, 0) is 0 Å². The Kier molecular flexibility index (Phi) is 3.19. The Hall–Kier alpha value is -1.42. The lowest BCUT2D eigenvalue weighted by Crippen LogP contribution is -2.45. The van der Waals surface area contributed by atoms with Crippen LogP contribution in [0.2, 0.25) is 0 Å². The first-order chi connectivity index (χ1) is 7.66. The van der Waals surface area contributed by atoms with E-state index in [9.17, 15) is 4.79 Å². The number of aromatic nitrogens is 1. The Bertz CT molecular complexity index is 392. The van der Waals surface area contributed by atoms with Gasteiger partial charge in [0, 0.05) is 31.5 Å². The van der Waals surface area contributed by atoms with Crippen LogP contribution < -0.4 is 5.73 Å². The number of hydrogen-bond acceptors (Lipinski definition) is 3. The second-order valence-electron chi connectivity index (χ2n) is 4.40. The molecule has 2 heterocycles. The van der Waals surface area contributed by atoms with Gasteiger partial charge in [0.15, 0.2) is 0 Å². The van der Waals surface area contributed by atoms with Crippen LogP contribution in [-0.4, -0.2) is 34.9 Å². The number of likely N-dealkylation sites (tertiary alicyclic amines) is 1. The highest BCUT2D eigenvalue weighted by atomic mass is 16.2. The van der Waals surface area contributed by atoms with E-state index < -0.39 is 0 Å². The molecule has 1 aromatic heterocycles. The molecule has 1 aromatic rings. The largest absolute Gasteiger partial charge is 0.337 e. The van der Waals surface area contributed by atoms with Gasteiger partial charge >= 0.3 is 0 Å². The average Bonchev–Trinajstić information content (AvgIpc) is 2.28. The first-order valence-corrected chi connectivity index (χ1v) is 5.63. The van der Waals surface area contributed by atoms with Gasteiger partial charge in [-0.25, -0.2) is 0 Å². The van der Waals surface area contributed by atoms with Gasteiger partial charge in [-0.15, -0.1) is 0 Å². The van der Waals surface area contributed by atoms with E-state index in [4.69, 9.17) is 5.73 Å². The fraction of sp³-hybridized carbons (Fsp3) is 0.500. The maximum absolute atomic E-state index is 12.1. The van der Waals surface area contributed by atoms with Crippen molar-refractivity contribution in [3.63, 3.8) is 0 Å². The van der Waals surface area contributed by atoms with Crippen molar-refractivity contribution >= 4 is 5.91 Å². The average molecular weight is 219 g/mol. The fourth-order valence-electron chi connectivity index (χ4n) is 2.05. The molecular weight excluding hydrogens is 202 g/mol. The van der Waals surface area contributed by atoms with E-state index in [0.29, 0.717) is 12.1 Å². The molecule has 0 aromatic carbocycles. The predicted molar refractivity (Wildman–Crippen MR) is 62.1 cm³/mol. The molecular formula is C12H17N3O. The minimum Gasteiger partial charge on any atom is -0.337 e. The first kappa shape index (κ1) is 11.1. The Labute approximate surface area is 95.5 Å². The van der Waals surface area contributed by atoms with Crippen LogP contribution in [0.25, 0.3) is 0 Å². The molecule has 1 aliphatic heterocycles. The third-order valence-corrected chi connectivity index (χ3v) is 2.87. The fourth-order valence-corrected chi connectivity index (χ4v) is 2.05. The first-order valence-electron chi connectivity index (χ1n) is 5.63. The van der Waals surface area contributed by atoms with Crippen LogP contribution in [0, 0.1) is 6.92 Å². The van der Waals surface area contributed by atoms with Gasteiger partial charge in [0.05, 0.1) is 5.56 Å². The lowest BCUT2D eigenvalue weighted by molar-refractivity contribution is 0.0708. The van der Waals surface area contributed by atoms with Crippen molar-refractivity contribution in [2.45, 2.75) is 25.8 Å². The van der Waals surface area contributed by atoms with E-state index in [0.717, 1.165) is 24.9 Å². The van der Waals surface area contributed by atoms with Gasteiger partial charge in [-0.1, -0.05) is 0 Å². The summed E-state index contributed by atoms with van der Waals surface area (Å²) in [7, 11) is 0. The lowest BCUT2D eigenvalue weighted by Gasteiger charge is -2.30. The van der Waals surface area contributed by atoms with Gasteiger partial charge in [0.1, 0.15) is 0 Å². The third-order valence-electron chi connectivity index (χ3n) is 2.87. The van der Waals surface area contributed by atoms with Gasteiger partial charge in [-0.05, 0) is 31.4 Å². The zero-order chi connectivity index (χ0) is 11.5. The van der Waals surface area contributed by atoms with E-state index in [1.807, 2.05) is 17.9 Å². The molecule has 0 saturated carbocycles. The number of nitrogens with zero attached hydrogens (tertiary/aromatic N) is 2. The van der Waals surface area contributed by atoms with Gasteiger partial charge < -0.3 is 10.6 Å². The molecule has 16 heavy (non-hydrogen) atoms. The van der Waals surface area contributed by atoms with Crippen LogP contribution in [0.5, 0.6) is 0 Å². The van der Waals surface area contributed by atoms with Crippen molar-refractivity contribution in [3.05, 3.63) is 29.6 Å². The molecule has 2 rings (SSSR count). The molecule has 0 aliphatic carbocycles. The van der Waals surface area contributed by atoms with Crippen LogP contribution in [0.15, 0.2) is 18.5 Å². The molecule has 0 spiro atoms. The molecule has 1 saturated heterocycles. The molecule has 86 valence electrons. The highest BCUT2D eigenvalue weighted by Gasteiger charge is 2.22. The number of piperidine rings is 1. The highest BCUT2D eigenvalue weighted by molar-refractivity contribution is 5.94. The number of carbonyl (C=O) groups excluding carboxylic acids is 1. The summed E-state index contributed by atoms with van der Waals surface area (Å²) in [5.41, 5.74) is 7.53. The molecule has 1 unspecified atom stereocenters. The lowest BCUT2D eigenvalue weighted by atomic mass is 10.1. The number of nitrogens with two attached hydrogens (primary N) is 1. The minimum atomic E-state index is 0.0475. The van der Waals surface area contributed by atoms with Crippen molar-refractivity contribution in [1.82, 2.24) is 9.88 Å². The number of hydrogen-bond donors (Lipinski definition) is 1. The molecule has 4 heteroatoms. The smallest absolute Gasteiger partial charge is 0.255 e. The standard InChI is InChI=1S/C12H17N3O/c1-9-5-10(7-14-6-9)12(16)15-4-2-3-11(13)8-15/h5-7,11H,2-4,8,13H2,1H3. The van der Waals surface area contributed by atoms with Crippen molar-refractivity contribution in [2.75, 3.05) is 13.1 Å². The van der Waals surface area contributed by atoms with E-state index >= 15 is 0 Å². The topological polar surface area (TPSA) is 59.2 Å². The van der Waals surface area contributed by atoms with Crippen LogP contribution in [0.4, 0.5) is 0 Å². The molecule has 1 atom stereocenters. The number of aryl methyl sites for hydroxylation is 1. The Balaban J connectivity index is 2.12. The summed E-state index contributed by atoms with van der Waals surface area (Å²) in [5, 5.41) is 0. The van der Waals surface area contributed by atoms with Gasteiger partial charge in [-0.2, -0.15) is 0 Å². The summed E-state index contributed by atoms with van der Waals surface area (Å²) >= 11 is 0. The summed E-state index contributed by atoms with van der Waals surface area (Å²) in [5.74, 6) is 0.0475. The maximum atomic E-state index is 12.1. The van der Waals surface area contributed by atoms with Crippen molar-refractivity contribution in [3.8, 4) is 0 Å². The summed E-state index contributed by atoms with van der Waals surface area (Å²) in [6, 6.07) is 1.99. The molecule has 2 N–H and O–H groups in total. The second-order valence-corrected chi connectivity index (χ2v) is 4.40. The highest BCUT2D eigenvalue weighted by Crippen LogP contribution is 2.12. The molecule has 4 nitrogen and oxygen atoms in total. The molecule has 1 fully saturated rings. The Morgan fingerprint density at radius 1 is 1.56 bits per heavy atom. The molecule has 0 radical (unpaired) electrons. The van der Waals surface area contributed by atoms with E-state index in [1.165, 1.54) is 0 Å². The summed E-state index contributed by atoms with van der Waals surface area (Å²) in [6.07, 6.45) is 5.37. The molecule has 0 bridgehead atoms. The number of pyridine rings is 1. The third kappa shape index (κ3) is 2.39. The van der Waals surface area contributed by atoms with Crippen LogP contribution in [0.1, 0.15) is 28.8 Å². The summed E-state index contributed by atoms with van der Waals surface area (Å²) < 4.78 is 0. The number of rotatable bonds is 1. The summed E-state index contributed by atoms with van der Waals surface area (Å²) in [6.45, 7) is 3.40. The van der Waals surface area contributed by atoms with Crippen LogP contribution in [0.3, 0.4) is 0 Å². The Morgan fingerprint density at radius 2 is 2.38 bits per heavy atom.